The van der Waals surface area contributed by atoms with Gasteiger partial charge in [0.15, 0.2) is 17.5 Å². The Balaban J connectivity index is 1.07. The van der Waals surface area contributed by atoms with Crippen LogP contribution in [0.25, 0.3) is 101 Å². The molecule has 3 heteroatoms. The second kappa shape index (κ2) is 15.7. The maximum Gasteiger partial charge on any atom is 0.164 e. The molecule has 312 valence electrons. The Kier molecular flexibility index (Phi) is 9.07. The highest BCUT2D eigenvalue weighted by Crippen LogP contribution is 2.64. The average Bonchev–Trinajstić information content (AvgIpc) is 3.89. The summed E-state index contributed by atoms with van der Waals surface area (Å²) in [6.45, 7) is 0. The van der Waals surface area contributed by atoms with Gasteiger partial charge < -0.3 is 0 Å². The highest BCUT2D eigenvalue weighted by Gasteiger charge is 2.52. The molecule has 0 saturated carbocycles. The first kappa shape index (κ1) is 38.6. The second-order valence-corrected chi connectivity index (χ2v) is 17.4. The summed E-state index contributed by atoms with van der Waals surface area (Å²) in [5.41, 5.74) is 21.4. The molecule has 10 aromatic carbocycles. The van der Waals surface area contributed by atoms with Crippen LogP contribution in [0.5, 0.6) is 0 Å². The summed E-state index contributed by atoms with van der Waals surface area (Å²) in [5.74, 6) is 1.83. The van der Waals surface area contributed by atoms with Crippen LogP contribution < -0.4 is 0 Å². The first-order valence-electron chi connectivity index (χ1n) is 22.9. The van der Waals surface area contributed by atoms with E-state index in [0.29, 0.717) is 17.5 Å². The number of hydrogen-bond acceptors (Lipinski definition) is 3. The zero-order valence-corrected chi connectivity index (χ0v) is 36.5. The molecule has 2 aliphatic carbocycles. The summed E-state index contributed by atoms with van der Waals surface area (Å²) in [4.78, 5) is 16.3. The van der Waals surface area contributed by atoms with Gasteiger partial charge in [0.1, 0.15) is 0 Å². The van der Waals surface area contributed by atoms with Crippen LogP contribution in [0.2, 0.25) is 0 Å². The summed E-state index contributed by atoms with van der Waals surface area (Å²) >= 11 is 0. The monoisotopic (exact) mass is 851 g/mol. The van der Waals surface area contributed by atoms with Gasteiger partial charge in [0.2, 0.25) is 0 Å². The molecule has 0 unspecified atom stereocenters. The largest absolute Gasteiger partial charge is 0.208 e. The van der Waals surface area contributed by atoms with Gasteiger partial charge in [0.05, 0.1) is 5.41 Å². The highest BCUT2D eigenvalue weighted by atomic mass is 15.0. The highest BCUT2D eigenvalue weighted by molar-refractivity contribution is 6.00. The number of benzene rings is 10. The molecule has 0 aliphatic heterocycles. The zero-order valence-electron chi connectivity index (χ0n) is 36.5. The van der Waals surface area contributed by atoms with E-state index >= 15 is 0 Å². The van der Waals surface area contributed by atoms with E-state index in [1.165, 1.54) is 44.5 Å². The van der Waals surface area contributed by atoms with E-state index < -0.39 is 5.41 Å². The van der Waals surface area contributed by atoms with Crippen molar-refractivity contribution in [3.8, 4) is 101 Å². The molecule has 3 nitrogen and oxygen atoms in total. The van der Waals surface area contributed by atoms with E-state index in [9.17, 15) is 0 Å². The molecule has 0 bridgehead atoms. The van der Waals surface area contributed by atoms with Crippen molar-refractivity contribution >= 4 is 0 Å². The molecule has 0 radical (unpaired) electrons. The third-order valence-electron chi connectivity index (χ3n) is 13.7. The van der Waals surface area contributed by atoms with Crippen molar-refractivity contribution in [3.05, 3.63) is 271 Å². The van der Waals surface area contributed by atoms with E-state index in [2.05, 4.69) is 249 Å². The van der Waals surface area contributed by atoms with Gasteiger partial charge in [-0.15, -0.1) is 0 Å². The molecule has 1 aromatic heterocycles. The van der Waals surface area contributed by atoms with Gasteiger partial charge in [0.25, 0.3) is 0 Å². The Bertz CT molecular complexity index is 3570. The van der Waals surface area contributed by atoms with E-state index in [0.717, 1.165) is 61.2 Å². The maximum atomic E-state index is 5.51. The topological polar surface area (TPSA) is 38.7 Å². The lowest BCUT2D eigenvalue weighted by Crippen LogP contribution is -2.26. The van der Waals surface area contributed by atoms with Crippen molar-refractivity contribution in [2.75, 3.05) is 0 Å². The fraction of sp³-hybridized carbons (Fsp3) is 0.0156. The van der Waals surface area contributed by atoms with Gasteiger partial charge in [-0.1, -0.05) is 224 Å². The molecule has 0 amide bonds. The number of fused-ring (bicyclic) bond motifs is 10. The molecule has 13 rings (SSSR count). The van der Waals surface area contributed by atoms with Crippen molar-refractivity contribution in [2.45, 2.75) is 5.41 Å². The van der Waals surface area contributed by atoms with Crippen LogP contribution in [0.4, 0.5) is 0 Å². The SMILES string of the molecule is c1ccc(-c2cccc(-c3nc(-c4cc(-c5ccccc5)cc(-c5ccccc5)c4)nc(-c4ccccc4-c4cccc5c4C4(c6ccccc6-c6ccccc64)c4ccccc4-5)n3)c2)cc1. The number of rotatable bonds is 7. The molecule has 0 N–H and O–H groups in total. The average molecular weight is 852 g/mol. The third-order valence-corrected chi connectivity index (χ3v) is 13.7. The van der Waals surface area contributed by atoms with Crippen LogP contribution in [0.15, 0.2) is 249 Å². The second-order valence-electron chi connectivity index (χ2n) is 17.4. The fourth-order valence-electron chi connectivity index (χ4n) is 10.9. The van der Waals surface area contributed by atoms with Gasteiger partial charge >= 0.3 is 0 Å². The van der Waals surface area contributed by atoms with Crippen molar-refractivity contribution in [1.29, 1.82) is 0 Å². The number of aromatic nitrogens is 3. The van der Waals surface area contributed by atoms with Crippen molar-refractivity contribution in [1.82, 2.24) is 15.0 Å². The maximum absolute atomic E-state index is 5.51. The van der Waals surface area contributed by atoms with E-state index in [-0.39, 0.29) is 0 Å². The summed E-state index contributed by atoms with van der Waals surface area (Å²) in [6.07, 6.45) is 0. The van der Waals surface area contributed by atoms with Crippen molar-refractivity contribution in [2.24, 2.45) is 0 Å². The van der Waals surface area contributed by atoms with Crippen LogP contribution in [0.1, 0.15) is 22.3 Å². The molecular weight excluding hydrogens is 811 g/mol. The lowest BCUT2D eigenvalue weighted by molar-refractivity contribution is 0.796. The van der Waals surface area contributed by atoms with E-state index in [1.807, 2.05) is 0 Å². The first-order valence-corrected chi connectivity index (χ1v) is 22.9. The fourth-order valence-corrected chi connectivity index (χ4v) is 10.9. The molecule has 1 heterocycles. The van der Waals surface area contributed by atoms with Crippen LogP contribution in [0.3, 0.4) is 0 Å². The summed E-state index contributed by atoms with van der Waals surface area (Å²) in [6, 6.07) is 89.3. The normalized spacial score (nSPS) is 12.6. The minimum atomic E-state index is -0.526. The lowest BCUT2D eigenvalue weighted by Gasteiger charge is -2.32. The van der Waals surface area contributed by atoms with E-state index in [1.54, 1.807) is 0 Å². The molecule has 0 fully saturated rings. The summed E-state index contributed by atoms with van der Waals surface area (Å²) in [5, 5.41) is 0. The predicted octanol–water partition coefficient (Wildman–Crippen LogP) is 15.9. The Morgan fingerprint density at radius 2 is 0.537 bits per heavy atom. The smallest absolute Gasteiger partial charge is 0.164 e. The van der Waals surface area contributed by atoms with Gasteiger partial charge in [0, 0.05) is 16.7 Å². The van der Waals surface area contributed by atoms with Crippen molar-refractivity contribution < 1.29 is 0 Å². The Hall–Kier alpha value is -8.79. The molecule has 0 atom stereocenters. The molecule has 0 saturated heterocycles. The van der Waals surface area contributed by atoms with Gasteiger partial charge in [-0.05, 0) is 113 Å². The third kappa shape index (κ3) is 6.24. The van der Waals surface area contributed by atoms with Crippen LogP contribution in [-0.4, -0.2) is 15.0 Å². The zero-order chi connectivity index (χ0) is 44.3. The molecule has 2 aliphatic rings. The minimum absolute atomic E-state index is 0.526. The molecule has 11 aromatic rings. The molecular formula is C64H41N3. The summed E-state index contributed by atoms with van der Waals surface area (Å²) < 4.78 is 0. The van der Waals surface area contributed by atoms with Gasteiger partial charge in [-0.25, -0.2) is 15.0 Å². The van der Waals surface area contributed by atoms with Gasteiger partial charge in [-0.2, -0.15) is 0 Å². The van der Waals surface area contributed by atoms with E-state index in [4.69, 9.17) is 15.0 Å². The quantitative estimate of drug-likeness (QED) is 0.160. The lowest BCUT2D eigenvalue weighted by atomic mass is 9.68. The minimum Gasteiger partial charge on any atom is -0.208 e. The van der Waals surface area contributed by atoms with Crippen LogP contribution in [0, 0.1) is 0 Å². The summed E-state index contributed by atoms with van der Waals surface area (Å²) in [7, 11) is 0. The molecule has 1 spiro atoms. The standard InChI is InChI=1S/C64H41N3/c1-4-20-42(21-5-1)45-26-18-27-46(38-45)61-65-62(49-40-47(43-22-6-2-7-23-43)39-48(41-49)44-24-8-3-9-25-44)67-63(66-61)56-32-11-10-28-50(56)54-33-19-34-55-53-31-14-17-37-59(53)64(60(54)55)57-35-15-12-29-51(57)52-30-13-16-36-58(52)64/h1-41H. The van der Waals surface area contributed by atoms with Crippen LogP contribution in [-0.2, 0) is 5.41 Å². The Labute approximate surface area is 390 Å². The predicted molar refractivity (Wildman–Crippen MR) is 274 cm³/mol. The Morgan fingerprint density at radius 1 is 0.209 bits per heavy atom. The molecule has 67 heavy (non-hydrogen) atoms. The van der Waals surface area contributed by atoms with Crippen LogP contribution >= 0.6 is 0 Å². The van der Waals surface area contributed by atoms with Gasteiger partial charge in [-0.3, -0.25) is 0 Å². The number of hydrogen-bond donors (Lipinski definition) is 0. The van der Waals surface area contributed by atoms with Crippen molar-refractivity contribution in [3.63, 3.8) is 0 Å². The first-order chi connectivity index (χ1) is 33.2. The Morgan fingerprint density at radius 3 is 1.09 bits per heavy atom. The number of nitrogens with zero attached hydrogens (tertiary/aromatic N) is 3.